The van der Waals surface area contributed by atoms with Gasteiger partial charge in [0.25, 0.3) is 5.91 Å². The zero-order chi connectivity index (χ0) is 22.1. The Bertz CT molecular complexity index is 607. The number of alkyl halides is 10. The molecule has 0 aliphatic rings. The molecule has 0 atom stereocenters. The lowest BCUT2D eigenvalue weighted by atomic mass is 9.93. The molecule has 0 fully saturated rings. The van der Waals surface area contributed by atoms with E-state index in [0.29, 0.717) is 12.2 Å². The predicted octanol–water partition coefficient (Wildman–Crippen LogP) is 3.45. The van der Waals surface area contributed by atoms with Gasteiger partial charge in [-0.3, -0.25) is 4.79 Å². The number of carbonyl (C=O) groups is 2. The highest BCUT2D eigenvalue weighted by Gasteiger charge is 2.89. The number of hydrogen-bond acceptors (Lipinski definition) is 2. The molecule has 0 rings (SSSR count). The highest BCUT2D eigenvalue weighted by atomic mass is 19.4. The van der Waals surface area contributed by atoms with Crippen molar-refractivity contribution in [2.24, 2.45) is 0 Å². The maximum absolute atomic E-state index is 13.7. The third-order valence-corrected chi connectivity index (χ3v) is 3.10. The molecule has 0 aromatic carbocycles. The fourth-order valence-corrected chi connectivity index (χ4v) is 1.61. The van der Waals surface area contributed by atoms with Crippen LogP contribution in [0.4, 0.5) is 43.9 Å². The molecule has 4 nitrogen and oxygen atoms in total. The summed E-state index contributed by atoms with van der Waals surface area (Å²) in [6.45, 7) is 4.03. The van der Waals surface area contributed by atoms with E-state index in [2.05, 4.69) is 13.2 Å². The topological polar surface area (TPSA) is 57.6 Å². The van der Waals surface area contributed by atoms with Gasteiger partial charge in [-0.15, -0.1) is 13.2 Å². The standard InChI is InChI=1S/C13H11F10NO3/c1-3-5-24(6-4-2)7(25)9(14,15)11(18,19)13(22,23)12(20,21)10(16,17)8(26)27/h3-4H,1-2,5-6H2,(H,26,27). The minimum atomic E-state index is -7.64. The summed E-state index contributed by atoms with van der Waals surface area (Å²) in [5.74, 6) is -43.1. The van der Waals surface area contributed by atoms with E-state index in [4.69, 9.17) is 5.11 Å². The Morgan fingerprint density at radius 3 is 1.37 bits per heavy atom. The van der Waals surface area contributed by atoms with Crippen LogP contribution >= 0.6 is 0 Å². The smallest absolute Gasteiger partial charge is 0.410 e. The van der Waals surface area contributed by atoms with Gasteiger partial charge in [0.05, 0.1) is 0 Å². The van der Waals surface area contributed by atoms with Crippen LogP contribution in [-0.2, 0) is 9.59 Å². The molecule has 0 radical (unpaired) electrons. The molecule has 0 aromatic rings. The molecule has 0 aromatic heterocycles. The molecule has 0 saturated carbocycles. The third kappa shape index (κ3) is 3.60. The van der Waals surface area contributed by atoms with E-state index < -0.39 is 54.6 Å². The first kappa shape index (κ1) is 24.7. The van der Waals surface area contributed by atoms with Crippen LogP contribution in [0.5, 0.6) is 0 Å². The molecule has 14 heteroatoms. The molecular formula is C13H11F10NO3. The quantitative estimate of drug-likeness (QED) is 0.436. The molecule has 27 heavy (non-hydrogen) atoms. The fourth-order valence-electron chi connectivity index (χ4n) is 1.61. The molecule has 156 valence electrons. The third-order valence-electron chi connectivity index (χ3n) is 3.10. The predicted molar refractivity (Wildman–Crippen MR) is 69.3 cm³/mol. The van der Waals surface area contributed by atoms with Crippen molar-refractivity contribution in [3.8, 4) is 0 Å². The van der Waals surface area contributed by atoms with Crippen molar-refractivity contribution in [1.82, 2.24) is 4.90 Å². The molecule has 0 aliphatic carbocycles. The fraction of sp³-hybridized carbons (Fsp3) is 0.538. The van der Waals surface area contributed by atoms with E-state index in [-0.39, 0.29) is 4.90 Å². The van der Waals surface area contributed by atoms with Crippen molar-refractivity contribution in [2.45, 2.75) is 29.6 Å². The monoisotopic (exact) mass is 419 g/mol. The maximum atomic E-state index is 13.7. The summed E-state index contributed by atoms with van der Waals surface area (Å²) in [6.07, 6.45) is 1.36. The van der Waals surface area contributed by atoms with E-state index in [1.165, 1.54) is 0 Å². The lowest BCUT2D eigenvalue weighted by Crippen LogP contribution is -2.71. The van der Waals surface area contributed by atoms with E-state index in [1.54, 1.807) is 0 Å². The zero-order valence-corrected chi connectivity index (χ0v) is 13.0. The summed E-state index contributed by atoms with van der Waals surface area (Å²) in [4.78, 5) is 21.2. The van der Waals surface area contributed by atoms with Gasteiger partial charge in [-0.25, -0.2) is 4.79 Å². The zero-order valence-electron chi connectivity index (χ0n) is 13.0. The minimum absolute atomic E-state index is 0.253. The molecule has 0 heterocycles. The molecule has 1 N–H and O–H groups in total. The van der Waals surface area contributed by atoms with Crippen LogP contribution in [0, 0.1) is 0 Å². The molecule has 0 aliphatic heterocycles. The lowest BCUT2D eigenvalue weighted by Gasteiger charge is -2.38. The number of carbonyl (C=O) groups excluding carboxylic acids is 1. The Hall–Kier alpha value is -2.28. The second-order valence-corrected chi connectivity index (χ2v) is 4.96. The van der Waals surface area contributed by atoms with Gasteiger partial charge in [-0.05, 0) is 0 Å². The number of amides is 1. The van der Waals surface area contributed by atoms with Crippen LogP contribution in [-0.4, -0.2) is 64.6 Å². The molecule has 0 saturated heterocycles. The Labute approximate surface area is 144 Å². The number of hydrogen-bond donors (Lipinski definition) is 1. The largest absolute Gasteiger partial charge is 0.477 e. The highest BCUT2D eigenvalue weighted by Crippen LogP contribution is 2.57. The van der Waals surface area contributed by atoms with Gasteiger partial charge in [0.1, 0.15) is 0 Å². The van der Waals surface area contributed by atoms with Gasteiger partial charge >= 0.3 is 35.6 Å². The van der Waals surface area contributed by atoms with Gasteiger partial charge in [-0.2, -0.15) is 43.9 Å². The van der Waals surface area contributed by atoms with Crippen molar-refractivity contribution in [3.05, 3.63) is 25.3 Å². The van der Waals surface area contributed by atoms with Crippen LogP contribution in [0.15, 0.2) is 25.3 Å². The minimum Gasteiger partial charge on any atom is -0.477 e. The first-order chi connectivity index (χ1) is 11.9. The van der Waals surface area contributed by atoms with E-state index in [9.17, 15) is 53.5 Å². The summed E-state index contributed by atoms with van der Waals surface area (Å²) in [5.41, 5.74) is 0. The van der Waals surface area contributed by atoms with E-state index in [1.807, 2.05) is 0 Å². The van der Waals surface area contributed by atoms with Crippen LogP contribution in [0.1, 0.15) is 0 Å². The van der Waals surface area contributed by atoms with Gasteiger partial charge in [0, 0.05) is 13.1 Å². The Morgan fingerprint density at radius 1 is 0.741 bits per heavy atom. The second-order valence-electron chi connectivity index (χ2n) is 4.96. The molecule has 0 unspecified atom stereocenters. The van der Waals surface area contributed by atoms with E-state index >= 15 is 0 Å². The molecule has 0 bridgehead atoms. The highest BCUT2D eigenvalue weighted by molar-refractivity contribution is 5.85. The lowest BCUT2D eigenvalue weighted by molar-refractivity contribution is -0.390. The number of nitrogens with zero attached hydrogens (tertiary/aromatic N) is 1. The first-order valence-electron chi connectivity index (χ1n) is 6.51. The van der Waals surface area contributed by atoms with E-state index in [0.717, 1.165) is 0 Å². The van der Waals surface area contributed by atoms with Gasteiger partial charge < -0.3 is 10.0 Å². The van der Waals surface area contributed by atoms with Crippen LogP contribution < -0.4 is 0 Å². The Balaban J connectivity index is 6.34. The Kier molecular flexibility index (Phi) is 6.76. The van der Waals surface area contributed by atoms with Crippen molar-refractivity contribution >= 4 is 11.9 Å². The summed E-state index contributed by atoms with van der Waals surface area (Å²) < 4.78 is 133. The second kappa shape index (κ2) is 7.38. The summed E-state index contributed by atoms with van der Waals surface area (Å²) in [6, 6.07) is 0. The van der Waals surface area contributed by atoms with Crippen LogP contribution in [0.25, 0.3) is 0 Å². The van der Waals surface area contributed by atoms with Crippen molar-refractivity contribution in [3.63, 3.8) is 0 Å². The number of aliphatic carboxylic acids is 1. The average molecular weight is 419 g/mol. The van der Waals surface area contributed by atoms with Crippen molar-refractivity contribution in [2.75, 3.05) is 13.1 Å². The van der Waals surface area contributed by atoms with Gasteiger partial charge in [-0.1, -0.05) is 12.2 Å². The van der Waals surface area contributed by atoms with Crippen LogP contribution in [0.3, 0.4) is 0 Å². The number of rotatable bonds is 10. The number of halogens is 10. The summed E-state index contributed by atoms with van der Waals surface area (Å²) in [7, 11) is 0. The maximum Gasteiger partial charge on any atom is 0.410 e. The van der Waals surface area contributed by atoms with Crippen LogP contribution in [0.2, 0.25) is 0 Å². The van der Waals surface area contributed by atoms with Gasteiger partial charge in [0.2, 0.25) is 0 Å². The van der Waals surface area contributed by atoms with Crippen molar-refractivity contribution < 1.29 is 58.6 Å². The summed E-state index contributed by atoms with van der Waals surface area (Å²) >= 11 is 0. The normalized spacial score (nSPS) is 13.9. The summed E-state index contributed by atoms with van der Waals surface area (Å²) in [5, 5.41) is 7.85. The molecular weight excluding hydrogens is 408 g/mol. The van der Waals surface area contributed by atoms with Gasteiger partial charge in [0.15, 0.2) is 0 Å². The number of carboxylic acid groups (broad SMARTS) is 1. The van der Waals surface area contributed by atoms with Crippen molar-refractivity contribution in [1.29, 1.82) is 0 Å². The Morgan fingerprint density at radius 2 is 1.07 bits per heavy atom. The SMILES string of the molecule is C=CCN(CC=C)C(=O)C(F)(F)C(F)(F)C(F)(F)C(F)(F)C(F)(F)C(=O)O. The molecule has 0 spiro atoms. The molecule has 1 amide bonds. The average Bonchev–Trinajstić information content (AvgIpc) is 2.52. The number of carboxylic acids is 1. The first-order valence-corrected chi connectivity index (χ1v) is 6.51.